The van der Waals surface area contributed by atoms with Crippen molar-refractivity contribution in [1.29, 1.82) is 0 Å². The van der Waals surface area contributed by atoms with Crippen LogP contribution in [-0.2, 0) is 17.6 Å². The van der Waals surface area contributed by atoms with Gasteiger partial charge in [-0.3, -0.25) is 4.98 Å². The third-order valence-electron chi connectivity index (χ3n) is 4.86. The second-order valence-electron chi connectivity index (χ2n) is 6.22. The lowest BCUT2D eigenvalue weighted by Crippen LogP contribution is -2.12. The molecule has 0 aliphatic heterocycles. The first-order valence-electron chi connectivity index (χ1n) is 8.41. The number of nitrogens with zero attached hydrogens (tertiary/aromatic N) is 1. The number of aryl methyl sites for hydroxylation is 2. The number of methoxy groups -OCH3 is 2. The van der Waals surface area contributed by atoms with E-state index in [1.807, 2.05) is 6.07 Å². The van der Waals surface area contributed by atoms with Gasteiger partial charge in [-0.1, -0.05) is 6.07 Å². The average Bonchev–Trinajstić information content (AvgIpc) is 2.65. The Bertz CT molecular complexity index is 727. The summed E-state index contributed by atoms with van der Waals surface area (Å²) in [7, 11) is 3.12. The molecule has 1 aliphatic carbocycles. The van der Waals surface area contributed by atoms with Gasteiger partial charge in [0.2, 0.25) is 0 Å². The SMILES string of the molecule is COC(=O)c1ccncc1CCC1CCCc2cc(OC)ccc21. The molecule has 0 radical (unpaired) electrons. The number of rotatable bonds is 5. The maximum absolute atomic E-state index is 11.9. The van der Waals surface area contributed by atoms with E-state index in [2.05, 4.69) is 17.1 Å². The topological polar surface area (TPSA) is 48.4 Å². The number of hydrogen-bond acceptors (Lipinski definition) is 4. The molecule has 2 aromatic rings. The molecule has 4 nitrogen and oxygen atoms in total. The van der Waals surface area contributed by atoms with Crippen molar-refractivity contribution in [3.8, 4) is 5.75 Å². The van der Waals surface area contributed by atoms with Gasteiger partial charge in [0, 0.05) is 12.4 Å². The zero-order chi connectivity index (χ0) is 16.9. The highest BCUT2D eigenvalue weighted by Gasteiger charge is 2.21. The quantitative estimate of drug-likeness (QED) is 0.782. The fourth-order valence-electron chi connectivity index (χ4n) is 3.58. The minimum Gasteiger partial charge on any atom is -0.497 e. The van der Waals surface area contributed by atoms with E-state index < -0.39 is 0 Å². The summed E-state index contributed by atoms with van der Waals surface area (Å²) >= 11 is 0. The lowest BCUT2D eigenvalue weighted by atomic mass is 9.79. The zero-order valence-corrected chi connectivity index (χ0v) is 14.2. The summed E-state index contributed by atoms with van der Waals surface area (Å²) in [6, 6.07) is 8.13. The number of hydrogen-bond donors (Lipinski definition) is 0. The van der Waals surface area contributed by atoms with Crippen molar-refractivity contribution < 1.29 is 14.3 Å². The number of benzene rings is 1. The minimum absolute atomic E-state index is 0.291. The summed E-state index contributed by atoms with van der Waals surface area (Å²) in [5.74, 6) is 1.15. The highest BCUT2D eigenvalue weighted by Crippen LogP contribution is 2.36. The Morgan fingerprint density at radius 3 is 2.96 bits per heavy atom. The van der Waals surface area contributed by atoms with E-state index in [4.69, 9.17) is 9.47 Å². The molecule has 1 unspecified atom stereocenters. The molecule has 0 N–H and O–H groups in total. The fourth-order valence-corrected chi connectivity index (χ4v) is 3.58. The molecular weight excluding hydrogens is 302 g/mol. The van der Waals surface area contributed by atoms with E-state index in [0.29, 0.717) is 11.5 Å². The number of fused-ring (bicyclic) bond motifs is 1. The number of aromatic nitrogens is 1. The molecule has 0 saturated carbocycles. The first kappa shape index (κ1) is 16.5. The van der Waals surface area contributed by atoms with E-state index in [9.17, 15) is 4.79 Å². The van der Waals surface area contributed by atoms with Gasteiger partial charge in [-0.05, 0) is 72.9 Å². The number of carbonyl (C=O) groups excluding carboxylic acids is 1. The van der Waals surface area contributed by atoms with Crippen LogP contribution in [0.3, 0.4) is 0 Å². The third kappa shape index (κ3) is 3.42. The molecule has 1 atom stereocenters. The largest absolute Gasteiger partial charge is 0.497 e. The highest BCUT2D eigenvalue weighted by molar-refractivity contribution is 5.90. The first-order chi connectivity index (χ1) is 11.7. The lowest BCUT2D eigenvalue weighted by molar-refractivity contribution is 0.0599. The Balaban J connectivity index is 1.76. The third-order valence-corrected chi connectivity index (χ3v) is 4.86. The van der Waals surface area contributed by atoms with Gasteiger partial charge in [0.15, 0.2) is 0 Å². The van der Waals surface area contributed by atoms with Crippen LogP contribution in [-0.4, -0.2) is 25.2 Å². The van der Waals surface area contributed by atoms with E-state index in [0.717, 1.165) is 30.6 Å². The van der Waals surface area contributed by atoms with Crippen molar-refractivity contribution in [2.75, 3.05) is 14.2 Å². The van der Waals surface area contributed by atoms with Gasteiger partial charge in [-0.2, -0.15) is 0 Å². The molecule has 24 heavy (non-hydrogen) atoms. The molecule has 1 aliphatic rings. The number of carbonyl (C=O) groups is 1. The van der Waals surface area contributed by atoms with Gasteiger partial charge in [0.05, 0.1) is 19.8 Å². The monoisotopic (exact) mass is 325 g/mol. The molecule has 1 aromatic heterocycles. The number of pyridine rings is 1. The Hall–Kier alpha value is -2.36. The van der Waals surface area contributed by atoms with Gasteiger partial charge in [0.1, 0.15) is 5.75 Å². The molecule has 0 saturated heterocycles. The summed E-state index contributed by atoms with van der Waals surface area (Å²) in [4.78, 5) is 16.1. The van der Waals surface area contributed by atoms with Crippen LogP contribution in [0.4, 0.5) is 0 Å². The summed E-state index contributed by atoms with van der Waals surface area (Å²) in [6.45, 7) is 0. The summed E-state index contributed by atoms with van der Waals surface area (Å²) in [6.07, 6.45) is 8.75. The van der Waals surface area contributed by atoms with Gasteiger partial charge in [0.25, 0.3) is 0 Å². The maximum Gasteiger partial charge on any atom is 0.338 e. The lowest BCUT2D eigenvalue weighted by Gasteiger charge is -2.26. The molecular formula is C20H23NO3. The first-order valence-corrected chi connectivity index (χ1v) is 8.41. The van der Waals surface area contributed by atoms with Crippen LogP contribution in [0, 0.1) is 0 Å². The van der Waals surface area contributed by atoms with Gasteiger partial charge in [-0.25, -0.2) is 4.79 Å². The van der Waals surface area contributed by atoms with Crippen LogP contribution in [0.1, 0.15) is 52.2 Å². The Labute approximate surface area is 142 Å². The molecule has 0 fully saturated rings. The average molecular weight is 325 g/mol. The van der Waals surface area contributed by atoms with Crippen molar-refractivity contribution in [3.63, 3.8) is 0 Å². The zero-order valence-electron chi connectivity index (χ0n) is 14.2. The van der Waals surface area contributed by atoms with E-state index in [1.165, 1.54) is 31.1 Å². The molecule has 3 rings (SSSR count). The molecule has 0 bridgehead atoms. The molecule has 0 spiro atoms. The molecule has 1 aromatic carbocycles. The smallest absolute Gasteiger partial charge is 0.338 e. The van der Waals surface area contributed by atoms with Crippen LogP contribution in [0.2, 0.25) is 0 Å². The number of esters is 1. The van der Waals surface area contributed by atoms with Crippen molar-refractivity contribution in [3.05, 3.63) is 58.9 Å². The molecule has 1 heterocycles. The van der Waals surface area contributed by atoms with Crippen LogP contribution >= 0.6 is 0 Å². The Kier molecular flexibility index (Phi) is 5.14. The van der Waals surface area contributed by atoms with Gasteiger partial charge in [-0.15, -0.1) is 0 Å². The van der Waals surface area contributed by atoms with Crippen molar-refractivity contribution in [2.45, 2.75) is 38.0 Å². The van der Waals surface area contributed by atoms with E-state index in [-0.39, 0.29) is 5.97 Å². The van der Waals surface area contributed by atoms with Gasteiger partial charge < -0.3 is 9.47 Å². The second kappa shape index (κ2) is 7.47. The van der Waals surface area contributed by atoms with Crippen LogP contribution in [0.15, 0.2) is 36.7 Å². The molecule has 126 valence electrons. The standard InChI is InChI=1S/C20H23NO3/c1-23-17-8-9-18-14(4-3-5-15(18)12-17)6-7-16-13-21-11-10-19(16)20(22)24-2/h8-14H,3-7H2,1-2H3. The normalized spacial score (nSPS) is 16.3. The van der Waals surface area contributed by atoms with Gasteiger partial charge >= 0.3 is 5.97 Å². The summed E-state index contributed by atoms with van der Waals surface area (Å²) in [5, 5.41) is 0. The minimum atomic E-state index is -0.291. The second-order valence-corrected chi connectivity index (χ2v) is 6.22. The summed E-state index contributed by atoms with van der Waals surface area (Å²) in [5.41, 5.74) is 4.40. The molecule has 4 heteroatoms. The summed E-state index contributed by atoms with van der Waals surface area (Å²) < 4.78 is 10.2. The predicted molar refractivity (Wildman–Crippen MR) is 92.6 cm³/mol. The predicted octanol–water partition coefficient (Wildman–Crippen LogP) is 3.93. The van der Waals surface area contributed by atoms with Crippen molar-refractivity contribution >= 4 is 5.97 Å². The van der Waals surface area contributed by atoms with Crippen LogP contribution in [0.5, 0.6) is 5.75 Å². The van der Waals surface area contributed by atoms with Crippen LogP contribution in [0.25, 0.3) is 0 Å². The number of ether oxygens (including phenoxy) is 2. The highest BCUT2D eigenvalue weighted by atomic mass is 16.5. The van der Waals surface area contributed by atoms with Crippen LogP contribution < -0.4 is 4.74 Å². The Morgan fingerprint density at radius 1 is 1.29 bits per heavy atom. The van der Waals surface area contributed by atoms with Crippen molar-refractivity contribution in [1.82, 2.24) is 4.98 Å². The van der Waals surface area contributed by atoms with E-state index in [1.54, 1.807) is 25.6 Å². The maximum atomic E-state index is 11.9. The van der Waals surface area contributed by atoms with E-state index >= 15 is 0 Å². The fraction of sp³-hybridized carbons (Fsp3) is 0.400. The van der Waals surface area contributed by atoms with Crippen molar-refractivity contribution in [2.24, 2.45) is 0 Å². The molecule has 0 amide bonds. The Morgan fingerprint density at radius 2 is 2.17 bits per heavy atom.